The number of phenolic OH excluding ortho intramolecular Hbond substituents is 1. The molecule has 2 aromatic rings. The minimum Gasteiger partial charge on any atom is -0.508 e. The number of benzene rings is 2. The molecule has 0 spiro atoms. The van der Waals surface area contributed by atoms with Crippen molar-refractivity contribution in [2.24, 2.45) is 0 Å². The van der Waals surface area contributed by atoms with Crippen LogP contribution in [0.25, 0.3) is 0 Å². The van der Waals surface area contributed by atoms with E-state index in [-0.39, 0.29) is 5.75 Å². The van der Waals surface area contributed by atoms with E-state index >= 15 is 0 Å². The van der Waals surface area contributed by atoms with Gasteiger partial charge in [-0.05, 0) is 35.9 Å². The van der Waals surface area contributed by atoms with E-state index in [1.54, 1.807) is 30.3 Å². The molecule has 0 saturated heterocycles. The zero-order valence-corrected chi connectivity index (χ0v) is 10.5. The average Bonchev–Trinajstić information content (AvgIpc) is 2.32. The minimum atomic E-state index is 0.259. The molecule has 0 atom stereocenters. The van der Waals surface area contributed by atoms with Gasteiger partial charge in [0.15, 0.2) is 0 Å². The number of hydrogen-bond acceptors (Lipinski definition) is 2. The van der Waals surface area contributed by atoms with Gasteiger partial charge in [0.2, 0.25) is 0 Å². The summed E-state index contributed by atoms with van der Waals surface area (Å²) in [7, 11) is 0. The van der Waals surface area contributed by atoms with Crippen LogP contribution >= 0.6 is 23.2 Å². The van der Waals surface area contributed by atoms with Crippen molar-refractivity contribution < 1.29 is 5.11 Å². The Bertz CT molecular complexity index is 511. The number of phenols is 1. The summed E-state index contributed by atoms with van der Waals surface area (Å²) < 4.78 is 0. The molecule has 2 rings (SSSR count). The van der Waals surface area contributed by atoms with Crippen LogP contribution in [-0.4, -0.2) is 5.11 Å². The van der Waals surface area contributed by atoms with Crippen LogP contribution in [0.15, 0.2) is 42.5 Å². The van der Waals surface area contributed by atoms with E-state index in [4.69, 9.17) is 28.3 Å². The average molecular weight is 268 g/mol. The second kappa shape index (κ2) is 5.30. The van der Waals surface area contributed by atoms with E-state index in [0.717, 1.165) is 11.3 Å². The number of anilines is 1. The fourth-order valence-electron chi connectivity index (χ4n) is 1.44. The predicted molar refractivity (Wildman–Crippen MR) is 71.9 cm³/mol. The second-order valence-corrected chi connectivity index (χ2v) is 4.49. The summed E-state index contributed by atoms with van der Waals surface area (Å²) in [5.74, 6) is 0.259. The molecule has 2 N–H and O–H groups in total. The Morgan fingerprint density at radius 3 is 2.41 bits per heavy atom. The number of nitrogens with one attached hydrogen (secondary N) is 1. The lowest BCUT2D eigenvalue weighted by atomic mass is 10.2. The molecule has 2 aromatic carbocycles. The van der Waals surface area contributed by atoms with E-state index in [1.165, 1.54) is 0 Å². The lowest BCUT2D eigenvalue weighted by molar-refractivity contribution is 0.475. The van der Waals surface area contributed by atoms with E-state index in [1.807, 2.05) is 12.1 Å². The highest BCUT2D eigenvalue weighted by Gasteiger charge is 2.01. The lowest BCUT2D eigenvalue weighted by Gasteiger charge is -2.09. The Labute approximate surface area is 110 Å². The zero-order valence-electron chi connectivity index (χ0n) is 8.95. The summed E-state index contributed by atoms with van der Waals surface area (Å²) in [5, 5.41) is 13.6. The maximum atomic E-state index is 9.16. The van der Waals surface area contributed by atoms with Gasteiger partial charge < -0.3 is 10.4 Å². The molecule has 0 bridgehead atoms. The highest BCUT2D eigenvalue weighted by molar-refractivity contribution is 6.35. The maximum Gasteiger partial charge on any atom is 0.115 e. The molecule has 88 valence electrons. The van der Waals surface area contributed by atoms with Crippen LogP contribution in [0.3, 0.4) is 0 Å². The number of hydrogen-bond donors (Lipinski definition) is 2. The number of rotatable bonds is 3. The summed E-state index contributed by atoms with van der Waals surface area (Å²) in [4.78, 5) is 0. The number of aromatic hydroxyl groups is 1. The molecule has 0 radical (unpaired) electrons. The normalized spacial score (nSPS) is 10.2. The molecule has 0 aliphatic carbocycles. The summed E-state index contributed by atoms with van der Waals surface area (Å²) in [5.41, 5.74) is 1.85. The highest BCUT2D eigenvalue weighted by atomic mass is 35.5. The molecule has 0 fully saturated rings. The van der Waals surface area contributed by atoms with Gasteiger partial charge in [-0.1, -0.05) is 35.3 Å². The van der Waals surface area contributed by atoms with Crippen molar-refractivity contribution in [3.05, 3.63) is 58.1 Å². The van der Waals surface area contributed by atoms with Gasteiger partial charge in [0, 0.05) is 11.6 Å². The first-order valence-corrected chi connectivity index (χ1v) is 5.87. The van der Waals surface area contributed by atoms with Gasteiger partial charge in [-0.3, -0.25) is 0 Å². The molecule has 4 heteroatoms. The maximum absolute atomic E-state index is 9.16. The van der Waals surface area contributed by atoms with Crippen molar-refractivity contribution in [1.82, 2.24) is 0 Å². The second-order valence-electron chi connectivity index (χ2n) is 3.64. The Hall–Kier alpha value is -1.38. The summed E-state index contributed by atoms with van der Waals surface area (Å²) in [6, 6.07) is 12.3. The van der Waals surface area contributed by atoms with Crippen LogP contribution in [0.4, 0.5) is 5.69 Å². The first-order chi connectivity index (χ1) is 8.15. The Morgan fingerprint density at radius 2 is 1.71 bits per heavy atom. The van der Waals surface area contributed by atoms with Crippen LogP contribution in [-0.2, 0) is 6.54 Å². The van der Waals surface area contributed by atoms with Crippen molar-refractivity contribution in [1.29, 1.82) is 0 Å². The van der Waals surface area contributed by atoms with Gasteiger partial charge in [0.1, 0.15) is 5.75 Å². The lowest BCUT2D eigenvalue weighted by Crippen LogP contribution is -1.99. The van der Waals surface area contributed by atoms with Gasteiger partial charge in [-0.2, -0.15) is 0 Å². The zero-order chi connectivity index (χ0) is 12.3. The molecule has 2 nitrogen and oxygen atoms in total. The Kier molecular flexibility index (Phi) is 3.77. The van der Waals surface area contributed by atoms with Gasteiger partial charge in [-0.25, -0.2) is 0 Å². The quantitative estimate of drug-likeness (QED) is 0.869. The molecule has 0 unspecified atom stereocenters. The number of halogens is 2. The van der Waals surface area contributed by atoms with Crippen molar-refractivity contribution >= 4 is 28.9 Å². The minimum absolute atomic E-state index is 0.259. The smallest absolute Gasteiger partial charge is 0.115 e. The molecule has 0 aliphatic heterocycles. The fourth-order valence-corrected chi connectivity index (χ4v) is 1.80. The Balaban J connectivity index is 2.07. The molecule has 0 aliphatic rings. The highest BCUT2D eigenvalue weighted by Crippen LogP contribution is 2.25. The first kappa shape index (κ1) is 12.1. The SMILES string of the molecule is Oc1ccc(CNc2cc(Cl)ccc2Cl)cc1. The molecule has 0 heterocycles. The molecular formula is C13H11Cl2NO. The van der Waals surface area contributed by atoms with Crippen LogP contribution in [0.5, 0.6) is 5.75 Å². The van der Waals surface area contributed by atoms with Crippen LogP contribution in [0, 0.1) is 0 Å². The van der Waals surface area contributed by atoms with Gasteiger partial charge in [0.05, 0.1) is 10.7 Å². The van der Waals surface area contributed by atoms with Crippen LogP contribution in [0.2, 0.25) is 10.0 Å². The first-order valence-electron chi connectivity index (χ1n) is 5.12. The standard InChI is InChI=1S/C13H11Cl2NO/c14-10-3-6-12(15)13(7-10)16-8-9-1-4-11(17)5-2-9/h1-7,16-17H,8H2. The summed E-state index contributed by atoms with van der Waals surface area (Å²) in [6.45, 7) is 0.625. The molecular weight excluding hydrogens is 257 g/mol. The monoisotopic (exact) mass is 267 g/mol. The molecule has 0 aromatic heterocycles. The third kappa shape index (κ3) is 3.29. The Morgan fingerprint density at radius 1 is 1.00 bits per heavy atom. The molecule has 0 saturated carbocycles. The third-order valence-electron chi connectivity index (χ3n) is 2.35. The van der Waals surface area contributed by atoms with Crippen LogP contribution in [0.1, 0.15) is 5.56 Å². The molecule has 17 heavy (non-hydrogen) atoms. The molecule has 0 amide bonds. The fraction of sp³-hybridized carbons (Fsp3) is 0.0769. The van der Waals surface area contributed by atoms with Gasteiger partial charge in [0.25, 0.3) is 0 Å². The van der Waals surface area contributed by atoms with Crippen molar-refractivity contribution in [2.45, 2.75) is 6.54 Å². The van der Waals surface area contributed by atoms with E-state index in [2.05, 4.69) is 5.32 Å². The van der Waals surface area contributed by atoms with E-state index in [9.17, 15) is 0 Å². The van der Waals surface area contributed by atoms with Crippen molar-refractivity contribution in [3.8, 4) is 5.75 Å². The summed E-state index contributed by atoms with van der Waals surface area (Å²) >= 11 is 11.9. The third-order valence-corrected chi connectivity index (χ3v) is 2.91. The van der Waals surface area contributed by atoms with E-state index < -0.39 is 0 Å². The van der Waals surface area contributed by atoms with E-state index in [0.29, 0.717) is 16.6 Å². The van der Waals surface area contributed by atoms with Crippen molar-refractivity contribution in [3.63, 3.8) is 0 Å². The van der Waals surface area contributed by atoms with Gasteiger partial charge >= 0.3 is 0 Å². The van der Waals surface area contributed by atoms with Gasteiger partial charge in [-0.15, -0.1) is 0 Å². The topological polar surface area (TPSA) is 32.3 Å². The largest absolute Gasteiger partial charge is 0.508 e. The van der Waals surface area contributed by atoms with Crippen LogP contribution < -0.4 is 5.32 Å². The predicted octanol–water partition coefficient (Wildman–Crippen LogP) is 4.31. The summed E-state index contributed by atoms with van der Waals surface area (Å²) in [6.07, 6.45) is 0. The van der Waals surface area contributed by atoms with Crippen molar-refractivity contribution in [2.75, 3.05) is 5.32 Å².